The molecule has 0 atom stereocenters. The highest BCUT2D eigenvalue weighted by molar-refractivity contribution is 6.33. The summed E-state index contributed by atoms with van der Waals surface area (Å²) in [5.41, 5.74) is 1.18. The van der Waals surface area contributed by atoms with Crippen LogP contribution in [0.1, 0.15) is 23.2 Å². The van der Waals surface area contributed by atoms with Crippen LogP contribution < -0.4 is 4.90 Å². The van der Waals surface area contributed by atoms with Gasteiger partial charge in [0.1, 0.15) is 0 Å². The van der Waals surface area contributed by atoms with Crippen molar-refractivity contribution in [3.63, 3.8) is 0 Å². The molecule has 1 saturated heterocycles. The zero-order chi connectivity index (χ0) is 10.8. The lowest BCUT2D eigenvalue weighted by molar-refractivity contribution is 0.0697. The maximum absolute atomic E-state index is 10.8. The Bertz CT molecular complexity index is 386. The highest BCUT2D eigenvalue weighted by Crippen LogP contribution is 2.26. The fourth-order valence-electron chi connectivity index (χ4n) is 1.85. The third-order valence-electron chi connectivity index (χ3n) is 2.65. The number of aromatic carboxylic acids is 1. The molecule has 0 unspecified atom stereocenters. The van der Waals surface area contributed by atoms with E-state index in [9.17, 15) is 4.79 Å². The van der Waals surface area contributed by atoms with Crippen LogP contribution in [0.3, 0.4) is 0 Å². The summed E-state index contributed by atoms with van der Waals surface area (Å²) in [5, 5.41) is 9.14. The van der Waals surface area contributed by atoms with E-state index in [1.54, 1.807) is 12.1 Å². The van der Waals surface area contributed by atoms with E-state index in [0.717, 1.165) is 18.8 Å². The van der Waals surface area contributed by atoms with Gasteiger partial charge < -0.3 is 10.0 Å². The highest BCUT2D eigenvalue weighted by atomic mass is 35.5. The number of hydrogen-bond donors (Lipinski definition) is 1. The van der Waals surface area contributed by atoms with E-state index in [2.05, 4.69) is 4.90 Å². The van der Waals surface area contributed by atoms with Gasteiger partial charge in [-0.2, -0.15) is 0 Å². The standard InChI is InChI=1S/C11H12ClNO2/c12-10-7-8(13-5-1-2-6-13)3-4-9(10)11(14)15/h3-4,7H,1-2,5-6H2,(H,14,15). The number of carbonyl (C=O) groups is 1. The lowest BCUT2D eigenvalue weighted by Gasteiger charge is -2.17. The Hall–Kier alpha value is -1.22. The summed E-state index contributed by atoms with van der Waals surface area (Å²) in [4.78, 5) is 13.0. The molecule has 1 N–H and O–H groups in total. The second kappa shape index (κ2) is 4.11. The molecule has 0 aliphatic carbocycles. The van der Waals surface area contributed by atoms with Crippen molar-refractivity contribution in [2.75, 3.05) is 18.0 Å². The molecule has 2 rings (SSSR count). The van der Waals surface area contributed by atoms with Gasteiger partial charge in [-0.1, -0.05) is 11.6 Å². The van der Waals surface area contributed by atoms with E-state index in [0.29, 0.717) is 5.02 Å². The number of hydrogen-bond acceptors (Lipinski definition) is 2. The van der Waals surface area contributed by atoms with Crippen molar-refractivity contribution in [3.8, 4) is 0 Å². The van der Waals surface area contributed by atoms with Crippen LogP contribution in [0.2, 0.25) is 5.02 Å². The van der Waals surface area contributed by atoms with Crippen molar-refractivity contribution in [2.24, 2.45) is 0 Å². The summed E-state index contributed by atoms with van der Waals surface area (Å²) in [6, 6.07) is 5.12. The number of carboxylic acid groups (broad SMARTS) is 1. The molecule has 0 spiro atoms. The minimum Gasteiger partial charge on any atom is -0.478 e. The normalized spacial score (nSPS) is 15.7. The SMILES string of the molecule is O=C(O)c1ccc(N2CCCC2)cc1Cl. The topological polar surface area (TPSA) is 40.5 Å². The molecule has 15 heavy (non-hydrogen) atoms. The summed E-state index contributed by atoms with van der Waals surface area (Å²) in [6.45, 7) is 2.06. The first kappa shape index (κ1) is 10.3. The molecule has 1 fully saturated rings. The number of carboxylic acids is 1. The molecular formula is C11H12ClNO2. The third kappa shape index (κ3) is 2.07. The van der Waals surface area contributed by atoms with E-state index >= 15 is 0 Å². The molecule has 1 aromatic carbocycles. The molecule has 80 valence electrons. The maximum atomic E-state index is 10.8. The van der Waals surface area contributed by atoms with Crippen LogP contribution in [0.15, 0.2) is 18.2 Å². The van der Waals surface area contributed by atoms with Crippen molar-refractivity contribution in [1.29, 1.82) is 0 Å². The first-order valence-corrected chi connectivity index (χ1v) is 5.34. The second-order valence-corrected chi connectivity index (χ2v) is 4.07. The molecule has 1 aliphatic heterocycles. The van der Waals surface area contributed by atoms with Gasteiger partial charge in [-0.3, -0.25) is 0 Å². The van der Waals surface area contributed by atoms with Crippen LogP contribution in [0.5, 0.6) is 0 Å². The Morgan fingerprint density at radius 3 is 2.53 bits per heavy atom. The largest absolute Gasteiger partial charge is 0.478 e. The molecule has 4 heteroatoms. The average molecular weight is 226 g/mol. The number of rotatable bonds is 2. The van der Waals surface area contributed by atoms with E-state index in [-0.39, 0.29) is 5.56 Å². The van der Waals surface area contributed by atoms with Crippen LogP contribution in [-0.4, -0.2) is 24.2 Å². The zero-order valence-corrected chi connectivity index (χ0v) is 9.00. The molecule has 3 nitrogen and oxygen atoms in total. The van der Waals surface area contributed by atoms with Crippen LogP contribution in [0.4, 0.5) is 5.69 Å². The summed E-state index contributed by atoms with van der Waals surface area (Å²) >= 11 is 5.90. The summed E-state index contributed by atoms with van der Waals surface area (Å²) in [6.07, 6.45) is 2.39. The third-order valence-corrected chi connectivity index (χ3v) is 2.97. The molecule has 0 bridgehead atoms. The minimum atomic E-state index is -0.979. The Kier molecular flexibility index (Phi) is 2.82. The maximum Gasteiger partial charge on any atom is 0.337 e. The van der Waals surface area contributed by atoms with Gasteiger partial charge in [-0.25, -0.2) is 4.79 Å². The van der Waals surface area contributed by atoms with Crippen LogP contribution >= 0.6 is 11.6 Å². The van der Waals surface area contributed by atoms with Gasteiger partial charge in [0.2, 0.25) is 0 Å². The molecule has 1 aliphatic rings. The van der Waals surface area contributed by atoms with Crippen LogP contribution in [-0.2, 0) is 0 Å². The van der Waals surface area contributed by atoms with Gasteiger partial charge in [0, 0.05) is 18.8 Å². The fourth-order valence-corrected chi connectivity index (χ4v) is 2.11. The number of benzene rings is 1. The van der Waals surface area contributed by atoms with Crippen LogP contribution in [0, 0.1) is 0 Å². The number of anilines is 1. The first-order valence-electron chi connectivity index (χ1n) is 4.96. The quantitative estimate of drug-likeness (QED) is 0.841. The van der Waals surface area contributed by atoms with E-state index < -0.39 is 5.97 Å². The second-order valence-electron chi connectivity index (χ2n) is 3.66. The van der Waals surface area contributed by atoms with Gasteiger partial charge in [0.25, 0.3) is 0 Å². The molecule has 0 saturated carbocycles. The predicted octanol–water partition coefficient (Wildman–Crippen LogP) is 2.64. The Morgan fingerprint density at radius 1 is 1.33 bits per heavy atom. The molecular weight excluding hydrogens is 214 g/mol. The zero-order valence-electron chi connectivity index (χ0n) is 8.24. The van der Waals surface area contributed by atoms with Crippen molar-refractivity contribution in [2.45, 2.75) is 12.8 Å². The Balaban J connectivity index is 2.28. The Morgan fingerprint density at radius 2 is 2.00 bits per heavy atom. The lowest BCUT2D eigenvalue weighted by Crippen LogP contribution is -2.17. The minimum absolute atomic E-state index is 0.166. The smallest absolute Gasteiger partial charge is 0.337 e. The van der Waals surface area contributed by atoms with Gasteiger partial charge in [0.15, 0.2) is 0 Å². The van der Waals surface area contributed by atoms with Crippen molar-refractivity contribution < 1.29 is 9.90 Å². The van der Waals surface area contributed by atoms with Crippen molar-refractivity contribution >= 4 is 23.3 Å². The number of halogens is 1. The van der Waals surface area contributed by atoms with Crippen molar-refractivity contribution in [3.05, 3.63) is 28.8 Å². The van der Waals surface area contributed by atoms with E-state index in [4.69, 9.17) is 16.7 Å². The fraction of sp³-hybridized carbons (Fsp3) is 0.364. The van der Waals surface area contributed by atoms with Gasteiger partial charge in [-0.15, -0.1) is 0 Å². The van der Waals surface area contributed by atoms with Gasteiger partial charge in [0.05, 0.1) is 10.6 Å². The lowest BCUT2D eigenvalue weighted by atomic mass is 10.2. The predicted molar refractivity (Wildman–Crippen MR) is 59.9 cm³/mol. The molecule has 0 amide bonds. The summed E-state index contributed by atoms with van der Waals surface area (Å²) in [5.74, 6) is -0.979. The monoisotopic (exact) mass is 225 g/mol. The number of nitrogens with zero attached hydrogens (tertiary/aromatic N) is 1. The molecule has 1 aromatic rings. The van der Waals surface area contributed by atoms with E-state index in [1.807, 2.05) is 6.07 Å². The summed E-state index contributed by atoms with van der Waals surface area (Å²) in [7, 11) is 0. The van der Waals surface area contributed by atoms with Gasteiger partial charge in [-0.05, 0) is 31.0 Å². The first-order chi connectivity index (χ1) is 7.18. The average Bonchev–Trinajstić information content (AvgIpc) is 2.69. The molecule has 0 radical (unpaired) electrons. The van der Waals surface area contributed by atoms with Crippen molar-refractivity contribution in [1.82, 2.24) is 0 Å². The van der Waals surface area contributed by atoms with Gasteiger partial charge >= 0.3 is 5.97 Å². The molecule has 1 heterocycles. The summed E-state index contributed by atoms with van der Waals surface area (Å²) < 4.78 is 0. The van der Waals surface area contributed by atoms with Crippen LogP contribution in [0.25, 0.3) is 0 Å². The Labute approximate surface area is 93.3 Å². The van der Waals surface area contributed by atoms with E-state index in [1.165, 1.54) is 12.8 Å². The highest BCUT2D eigenvalue weighted by Gasteiger charge is 2.15. The molecule has 0 aromatic heterocycles.